The van der Waals surface area contributed by atoms with E-state index in [1.165, 1.54) is 6.07 Å². The molecule has 0 aliphatic rings. The lowest BCUT2D eigenvalue weighted by atomic mass is 9.99. The molecular formula is C10H9FO5. The van der Waals surface area contributed by atoms with Crippen molar-refractivity contribution in [3.8, 4) is 5.75 Å². The Kier molecular flexibility index (Phi) is 3.44. The molecular weight excluding hydrogens is 219 g/mol. The Bertz CT molecular complexity index is 415. The van der Waals surface area contributed by atoms with E-state index in [9.17, 15) is 14.0 Å². The van der Waals surface area contributed by atoms with E-state index in [2.05, 4.69) is 0 Å². The lowest BCUT2D eigenvalue weighted by Crippen LogP contribution is -2.25. The van der Waals surface area contributed by atoms with Gasteiger partial charge in [0.1, 0.15) is 0 Å². The van der Waals surface area contributed by atoms with Crippen LogP contribution in [0.3, 0.4) is 0 Å². The van der Waals surface area contributed by atoms with Crippen LogP contribution in [0.1, 0.15) is 5.56 Å². The van der Waals surface area contributed by atoms with Gasteiger partial charge in [-0.1, -0.05) is 6.07 Å². The lowest BCUT2D eigenvalue weighted by Gasteiger charge is -2.07. The number of halogens is 1. The summed E-state index contributed by atoms with van der Waals surface area (Å²) >= 11 is 0. The number of phenolic OH excluding ortho intramolecular Hbond substituents is 1. The predicted octanol–water partition coefficient (Wildman–Crippen LogP) is 0.859. The van der Waals surface area contributed by atoms with E-state index >= 15 is 0 Å². The van der Waals surface area contributed by atoms with Crippen LogP contribution in [0.15, 0.2) is 18.2 Å². The maximum atomic E-state index is 12.9. The number of carboxylic acids is 2. The van der Waals surface area contributed by atoms with Gasteiger partial charge in [0.15, 0.2) is 17.5 Å². The monoisotopic (exact) mass is 228 g/mol. The van der Waals surface area contributed by atoms with Crippen molar-refractivity contribution in [3.63, 3.8) is 0 Å². The molecule has 16 heavy (non-hydrogen) atoms. The summed E-state index contributed by atoms with van der Waals surface area (Å²) in [5.74, 6) is -6.07. The second kappa shape index (κ2) is 4.61. The number of aliphatic carboxylic acids is 2. The lowest BCUT2D eigenvalue weighted by molar-refractivity contribution is -0.154. The van der Waals surface area contributed by atoms with Crippen molar-refractivity contribution < 1.29 is 29.3 Å². The average molecular weight is 228 g/mol. The van der Waals surface area contributed by atoms with Gasteiger partial charge in [0.2, 0.25) is 0 Å². The maximum absolute atomic E-state index is 12.9. The van der Waals surface area contributed by atoms with Crippen molar-refractivity contribution in [2.75, 3.05) is 0 Å². The molecule has 0 heterocycles. The zero-order chi connectivity index (χ0) is 12.3. The van der Waals surface area contributed by atoms with Gasteiger partial charge in [0.25, 0.3) is 0 Å². The molecule has 0 fully saturated rings. The first kappa shape index (κ1) is 12.0. The van der Waals surface area contributed by atoms with Crippen molar-refractivity contribution in [3.05, 3.63) is 29.6 Å². The molecule has 0 spiro atoms. The maximum Gasteiger partial charge on any atom is 0.318 e. The summed E-state index contributed by atoms with van der Waals surface area (Å²) in [6, 6.07) is 3.23. The zero-order valence-corrected chi connectivity index (χ0v) is 8.05. The molecule has 0 aliphatic heterocycles. The molecule has 0 saturated carbocycles. The molecule has 0 bridgehead atoms. The number of rotatable bonds is 4. The topological polar surface area (TPSA) is 94.8 Å². The third-order valence-electron chi connectivity index (χ3n) is 2.05. The molecule has 0 aromatic heterocycles. The van der Waals surface area contributed by atoms with Crippen LogP contribution in [0, 0.1) is 11.7 Å². The molecule has 0 unspecified atom stereocenters. The molecule has 0 amide bonds. The summed E-state index contributed by atoms with van der Waals surface area (Å²) in [6.07, 6.45) is -0.331. The Morgan fingerprint density at radius 3 is 2.25 bits per heavy atom. The summed E-state index contributed by atoms with van der Waals surface area (Å²) in [4.78, 5) is 21.1. The normalized spacial score (nSPS) is 10.4. The Morgan fingerprint density at radius 2 is 1.81 bits per heavy atom. The highest BCUT2D eigenvalue weighted by molar-refractivity contribution is 5.93. The van der Waals surface area contributed by atoms with Crippen molar-refractivity contribution in [1.29, 1.82) is 0 Å². The van der Waals surface area contributed by atoms with Gasteiger partial charge in [-0.15, -0.1) is 0 Å². The Balaban J connectivity index is 2.90. The molecule has 0 saturated heterocycles. The summed E-state index contributed by atoms with van der Waals surface area (Å²) < 4.78 is 12.9. The highest BCUT2D eigenvalue weighted by atomic mass is 19.1. The molecule has 0 aliphatic carbocycles. The number of benzene rings is 1. The highest BCUT2D eigenvalue weighted by Crippen LogP contribution is 2.18. The van der Waals surface area contributed by atoms with Crippen LogP contribution >= 0.6 is 0 Å². The van der Waals surface area contributed by atoms with Crippen molar-refractivity contribution in [1.82, 2.24) is 0 Å². The largest absolute Gasteiger partial charge is 0.505 e. The second-order valence-electron chi connectivity index (χ2n) is 3.22. The van der Waals surface area contributed by atoms with Crippen LogP contribution in [-0.4, -0.2) is 27.3 Å². The molecule has 6 heteroatoms. The van der Waals surface area contributed by atoms with Gasteiger partial charge in [-0.25, -0.2) is 4.39 Å². The summed E-state index contributed by atoms with van der Waals surface area (Å²) in [7, 11) is 0. The highest BCUT2D eigenvalue weighted by Gasteiger charge is 2.26. The number of aromatic hydroxyl groups is 1. The predicted molar refractivity (Wildman–Crippen MR) is 50.5 cm³/mol. The van der Waals surface area contributed by atoms with Gasteiger partial charge in [-0.3, -0.25) is 9.59 Å². The first-order chi connectivity index (χ1) is 7.41. The minimum absolute atomic E-state index is 0.199. The molecule has 3 N–H and O–H groups in total. The number of phenols is 1. The number of hydrogen-bond donors (Lipinski definition) is 3. The zero-order valence-electron chi connectivity index (χ0n) is 8.05. The smallest absolute Gasteiger partial charge is 0.318 e. The second-order valence-corrected chi connectivity index (χ2v) is 3.22. The van der Waals surface area contributed by atoms with Gasteiger partial charge in [0.05, 0.1) is 0 Å². The molecule has 1 aromatic carbocycles. The van der Waals surface area contributed by atoms with E-state index in [4.69, 9.17) is 15.3 Å². The minimum atomic E-state index is -1.62. The van der Waals surface area contributed by atoms with E-state index in [0.717, 1.165) is 12.1 Å². The first-order valence-electron chi connectivity index (χ1n) is 4.35. The van der Waals surface area contributed by atoms with Crippen LogP contribution in [0.25, 0.3) is 0 Å². The standard InChI is InChI=1S/C10H9FO5/c11-7-4-5(1-2-8(7)12)3-6(9(13)14)10(15)16/h1-2,4,6,12H,3H2,(H,13,14)(H,15,16). The number of carboxylic acid groups (broad SMARTS) is 2. The van der Waals surface area contributed by atoms with Crippen molar-refractivity contribution in [2.45, 2.75) is 6.42 Å². The van der Waals surface area contributed by atoms with Gasteiger partial charge in [-0.2, -0.15) is 0 Å². The van der Waals surface area contributed by atoms with Gasteiger partial charge < -0.3 is 15.3 Å². The van der Waals surface area contributed by atoms with Crippen LogP contribution < -0.4 is 0 Å². The van der Waals surface area contributed by atoms with Crippen LogP contribution in [0.2, 0.25) is 0 Å². The summed E-state index contributed by atoms with van der Waals surface area (Å²) in [5.41, 5.74) is 0.199. The van der Waals surface area contributed by atoms with Crippen molar-refractivity contribution in [2.24, 2.45) is 5.92 Å². The van der Waals surface area contributed by atoms with E-state index in [0.29, 0.717) is 0 Å². The molecule has 86 valence electrons. The Labute approximate surface area is 89.8 Å². The fraction of sp³-hybridized carbons (Fsp3) is 0.200. The quantitative estimate of drug-likeness (QED) is 0.664. The molecule has 1 rings (SSSR count). The number of hydrogen-bond acceptors (Lipinski definition) is 3. The van der Waals surface area contributed by atoms with Gasteiger partial charge in [0, 0.05) is 0 Å². The Morgan fingerprint density at radius 1 is 1.25 bits per heavy atom. The summed E-state index contributed by atoms with van der Waals surface area (Å²) in [6.45, 7) is 0. The molecule has 1 aromatic rings. The minimum Gasteiger partial charge on any atom is -0.505 e. The van der Waals surface area contributed by atoms with Crippen LogP contribution in [0.4, 0.5) is 4.39 Å². The Hall–Kier alpha value is -2.11. The molecule has 5 nitrogen and oxygen atoms in total. The third-order valence-corrected chi connectivity index (χ3v) is 2.05. The van der Waals surface area contributed by atoms with Gasteiger partial charge >= 0.3 is 11.9 Å². The fourth-order valence-electron chi connectivity index (χ4n) is 1.19. The number of carbonyl (C=O) groups is 2. The molecule has 0 radical (unpaired) electrons. The first-order valence-corrected chi connectivity index (χ1v) is 4.35. The fourth-order valence-corrected chi connectivity index (χ4v) is 1.19. The van der Waals surface area contributed by atoms with E-state index < -0.39 is 29.4 Å². The van der Waals surface area contributed by atoms with Crippen LogP contribution in [-0.2, 0) is 16.0 Å². The van der Waals surface area contributed by atoms with Crippen molar-refractivity contribution >= 4 is 11.9 Å². The van der Waals surface area contributed by atoms with E-state index in [-0.39, 0.29) is 12.0 Å². The van der Waals surface area contributed by atoms with Crippen LogP contribution in [0.5, 0.6) is 5.75 Å². The average Bonchev–Trinajstić information content (AvgIpc) is 2.18. The van der Waals surface area contributed by atoms with Gasteiger partial charge in [-0.05, 0) is 24.1 Å². The summed E-state index contributed by atoms with van der Waals surface area (Å²) in [5, 5.41) is 26.1. The van der Waals surface area contributed by atoms with E-state index in [1.54, 1.807) is 0 Å². The van der Waals surface area contributed by atoms with E-state index in [1.807, 2.05) is 0 Å². The SMILES string of the molecule is O=C(O)C(Cc1ccc(O)c(F)c1)C(=O)O. The third kappa shape index (κ3) is 2.69. The molecule has 0 atom stereocenters.